The van der Waals surface area contributed by atoms with Gasteiger partial charge in [0.15, 0.2) is 5.82 Å². The zero-order chi connectivity index (χ0) is 14.7. The van der Waals surface area contributed by atoms with Crippen molar-refractivity contribution in [3.63, 3.8) is 0 Å². The first kappa shape index (κ1) is 14.2. The van der Waals surface area contributed by atoms with Crippen LogP contribution in [-0.2, 0) is 6.54 Å². The van der Waals surface area contributed by atoms with E-state index in [1.54, 1.807) is 12.4 Å². The van der Waals surface area contributed by atoms with Crippen LogP contribution in [0.5, 0.6) is 0 Å². The van der Waals surface area contributed by atoms with Gasteiger partial charge in [-0.05, 0) is 43.9 Å². The lowest BCUT2D eigenvalue weighted by Crippen LogP contribution is -2.36. The maximum Gasteiger partial charge on any atom is 0.259 e. The van der Waals surface area contributed by atoms with Gasteiger partial charge in [0.1, 0.15) is 0 Å². The van der Waals surface area contributed by atoms with Crippen LogP contribution < -0.4 is 0 Å². The van der Waals surface area contributed by atoms with E-state index in [1.807, 2.05) is 13.0 Å². The molecule has 112 valence electrons. The molecule has 0 amide bonds. The Morgan fingerprint density at radius 1 is 1.43 bits per heavy atom. The van der Waals surface area contributed by atoms with Crippen LogP contribution in [0, 0.1) is 12.8 Å². The number of likely N-dealkylation sites (tertiary alicyclic amines) is 1. The topological polar surface area (TPSA) is 75.3 Å². The van der Waals surface area contributed by atoms with E-state index in [-0.39, 0.29) is 6.61 Å². The Bertz CT molecular complexity index is 599. The number of hydrogen-bond acceptors (Lipinski definition) is 6. The van der Waals surface area contributed by atoms with Crippen LogP contribution >= 0.6 is 0 Å². The Labute approximate surface area is 123 Å². The SMILES string of the molecule is Cc1cncc(-c2nc(CN3CCCC(CO)C3)no2)c1. The number of aliphatic hydroxyl groups excluding tert-OH is 1. The van der Waals surface area contributed by atoms with Gasteiger partial charge in [0.05, 0.1) is 12.1 Å². The van der Waals surface area contributed by atoms with Crippen molar-refractivity contribution in [3.8, 4) is 11.5 Å². The van der Waals surface area contributed by atoms with E-state index in [9.17, 15) is 5.11 Å². The van der Waals surface area contributed by atoms with E-state index in [0.717, 1.165) is 37.1 Å². The molecule has 1 aliphatic heterocycles. The molecule has 3 rings (SSSR count). The van der Waals surface area contributed by atoms with Crippen molar-refractivity contribution in [3.05, 3.63) is 29.8 Å². The molecule has 1 saturated heterocycles. The van der Waals surface area contributed by atoms with E-state index in [2.05, 4.69) is 20.0 Å². The largest absolute Gasteiger partial charge is 0.396 e. The molecule has 2 aromatic rings. The zero-order valence-corrected chi connectivity index (χ0v) is 12.2. The van der Waals surface area contributed by atoms with E-state index >= 15 is 0 Å². The molecule has 0 spiro atoms. The minimum absolute atomic E-state index is 0.253. The Morgan fingerprint density at radius 3 is 3.14 bits per heavy atom. The number of rotatable bonds is 4. The average Bonchev–Trinajstić information content (AvgIpc) is 2.96. The first-order valence-electron chi connectivity index (χ1n) is 7.32. The van der Waals surface area contributed by atoms with Gasteiger partial charge in [-0.1, -0.05) is 5.16 Å². The summed E-state index contributed by atoms with van der Waals surface area (Å²) in [5.74, 6) is 1.56. The summed E-state index contributed by atoms with van der Waals surface area (Å²) in [7, 11) is 0. The number of aryl methyl sites for hydroxylation is 1. The number of hydrogen-bond donors (Lipinski definition) is 1. The van der Waals surface area contributed by atoms with Gasteiger partial charge in [-0.3, -0.25) is 9.88 Å². The maximum atomic E-state index is 9.27. The number of aromatic nitrogens is 3. The fourth-order valence-corrected chi connectivity index (χ4v) is 2.75. The molecule has 0 aromatic carbocycles. The minimum Gasteiger partial charge on any atom is -0.396 e. The lowest BCUT2D eigenvalue weighted by molar-refractivity contribution is 0.113. The van der Waals surface area contributed by atoms with Gasteiger partial charge in [0.2, 0.25) is 0 Å². The Kier molecular flexibility index (Phi) is 4.26. The van der Waals surface area contributed by atoms with Crippen LogP contribution in [-0.4, -0.2) is 44.8 Å². The van der Waals surface area contributed by atoms with Crippen LogP contribution in [0.4, 0.5) is 0 Å². The highest BCUT2D eigenvalue weighted by molar-refractivity contribution is 5.51. The van der Waals surface area contributed by atoms with Crippen molar-refractivity contribution in [1.29, 1.82) is 0 Å². The first-order valence-corrected chi connectivity index (χ1v) is 7.32. The highest BCUT2D eigenvalue weighted by Gasteiger charge is 2.21. The molecular formula is C15H20N4O2. The van der Waals surface area contributed by atoms with Crippen LogP contribution in [0.3, 0.4) is 0 Å². The van der Waals surface area contributed by atoms with Crippen LogP contribution in [0.15, 0.2) is 23.0 Å². The highest BCUT2D eigenvalue weighted by Crippen LogP contribution is 2.20. The number of aliphatic hydroxyl groups is 1. The Hall–Kier alpha value is -1.79. The van der Waals surface area contributed by atoms with Crippen molar-refractivity contribution in [2.75, 3.05) is 19.7 Å². The second-order valence-electron chi connectivity index (χ2n) is 5.69. The fraction of sp³-hybridized carbons (Fsp3) is 0.533. The maximum absolute atomic E-state index is 9.27. The van der Waals surface area contributed by atoms with Gasteiger partial charge in [-0.15, -0.1) is 0 Å². The summed E-state index contributed by atoms with van der Waals surface area (Å²) in [5, 5.41) is 13.3. The summed E-state index contributed by atoms with van der Waals surface area (Å²) in [6.45, 7) is 4.82. The van der Waals surface area contributed by atoms with Crippen molar-refractivity contribution >= 4 is 0 Å². The molecule has 6 nitrogen and oxygen atoms in total. The molecular weight excluding hydrogens is 268 g/mol. The van der Waals surface area contributed by atoms with Gasteiger partial charge in [0.25, 0.3) is 5.89 Å². The molecule has 1 fully saturated rings. The van der Waals surface area contributed by atoms with Crippen molar-refractivity contribution in [2.24, 2.45) is 5.92 Å². The van der Waals surface area contributed by atoms with E-state index in [1.165, 1.54) is 0 Å². The van der Waals surface area contributed by atoms with Crippen molar-refractivity contribution < 1.29 is 9.63 Å². The normalized spacial score (nSPS) is 19.8. The fourth-order valence-electron chi connectivity index (χ4n) is 2.75. The predicted octanol–water partition coefficient (Wildman–Crippen LogP) is 1.64. The Balaban J connectivity index is 1.68. The molecule has 0 radical (unpaired) electrons. The van der Waals surface area contributed by atoms with E-state index in [0.29, 0.717) is 24.2 Å². The molecule has 1 N–H and O–H groups in total. The molecule has 0 aliphatic carbocycles. The predicted molar refractivity (Wildman–Crippen MR) is 77.4 cm³/mol. The van der Waals surface area contributed by atoms with Gasteiger partial charge in [-0.25, -0.2) is 0 Å². The third-order valence-corrected chi connectivity index (χ3v) is 3.82. The van der Waals surface area contributed by atoms with Gasteiger partial charge in [-0.2, -0.15) is 4.98 Å². The van der Waals surface area contributed by atoms with Crippen molar-refractivity contribution in [2.45, 2.75) is 26.3 Å². The number of pyridine rings is 1. The molecule has 21 heavy (non-hydrogen) atoms. The molecule has 1 atom stereocenters. The van der Waals surface area contributed by atoms with Crippen LogP contribution in [0.1, 0.15) is 24.2 Å². The summed E-state index contributed by atoms with van der Waals surface area (Å²) in [4.78, 5) is 10.9. The summed E-state index contributed by atoms with van der Waals surface area (Å²) >= 11 is 0. The molecule has 1 unspecified atom stereocenters. The number of nitrogens with zero attached hydrogens (tertiary/aromatic N) is 4. The average molecular weight is 288 g/mol. The van der Waals surface area contributed by atoms with Gasteiger partial charge < -0.3 is 9.63 Å². The summed E-state index contributed by atoms with van der Waals surface area (Å²) in [6, 6.07) is 1.98. The van der Waals surface area contributed by atoms with Crippen LogP contribution in [0.25, 0.3) is 11.5 Å². The van der Waals surface area contributed by atoms with Gasteiger partial charge in [0, 0.05) is 25.5 Å². The zero-order valence-electron chi connectivity index (χ0n) is 12.2. The van der Waals surface area contributed by atoms with Gasteiger partial charge >= 0.3 is 0 Å². The molecule has 0 bridgehead atoms. The van der Waals surface area contributed by atoms with E-state index in [4.69, 9.17) is 4.52 Å². The third kappa shape index (κ3) is 3.46. The molecule has 2 aromatic heterocycles. The molecule has 3 heterocycles. The molecule has 6 heteroatoms. The monoisotopic (exact) mass is 288 g/mol. The summed E-state index contributed by atoms with van der Waals surface area (Å²) in [6.07, 6.45) is 5.73. The molecule has 0 saturated carbocycles. The second-order valence-corrected chi connectivity index (χ2v) is 5.69. The summed E-state index contributed by atoms with van der Waals surface area (Å²) in [5.41, 5.74) is 1.91. The second kappa shape index (κ2) is 6.32. The first-order chi connectivity index (χ1) is 10.2. The Morgan fingerprint density at radius 2 is 2.33 bits per heavy atom. The lowest BCUT2D eigenvalue weighted by Gasteiger charge is -2.30. The lowest BCUT2D eigenvalue weighted by atomic mass is 9.99. The highest BCUT2D eigenvalue weighted by atomic mass is 16.5. The van der Waals surface area contributed by atoms with E-state index < -0.39 is 0 Å². The van der Waals surface area contributed by atoms with Crippen molar-refractivity contribution in [1.82, 2.24) is 20.0 Å². The number of piperidine rings is 1. The third-order valence-electron chi connectivity index (χ3n) is 3.82. The van der Waals surface area contributed by atoms with Crippen LogP contribution in [0.2, 0.25) is 0 Å². The summed E-state index contributed by atoms with van der Waals surface area (Å²) < 4.78 is 5.32. The standard InChI is InChI=1S/C15H20N4O2/c1-11-5-13(7-16-6-11)15-17-14(18-21-15)9-19-4-2-3-12(8-19)10-20/h5-7,12,20H,2-4,8-10H2,1H3. The smallest absolute Gasteiger partial charge is 0.259 e. The minimum atomic E-state index is 0.253. The quantitative estimate of drug-likeness (QED) is 0.922. The molecule has 1 aliphatic rings.